The molecule has 0 aromatic carbocycles. The Labute approximate surface area is 84.1 Å². The van der Waals surface area contributed by atoms with E-state index in [1.165, 1.54) is 13.3 Å². The number of methoxy groups -OCH3 is 1. The van der Waals surface area contributed by atoms with Crippen molar-refractivity contribution in [1.29, 1.82) is 5.26 Å². The fourth-order valence-electron chi connectivity index (χ4n) is 1.23. The molecule has 0 aliphatic carbocycles. The van der Waals surface area contributed by atoms with Crippen LogP contribution in [0.3, 0.4) is 0 Å². The van der Waals surface area contributed by atoms with Crippen molar-refractivity contribution in [3.8, 4) is 11.8 Å². The minimum Gasteiger partial charge on any atom is -0.496 e. The molecule has 6 heteroatoms. The molecule has 0 aliphatic rings. The van der Waals surface area contributed by atoms with Gasteiger partial charge in [-0.1, -0.05) is 0 Å². The molecule has 0 saturated carbocycles. The predicted octanol–water partition coefficient (Wildman–Crippen LogP) is 1.39. The van der Waals surface area contributed by atoms with E-state index in [0.29, 0.717) is 0 Å². The van der Waals surface area contributed by atoms with Crippen molar-refractivity contribution in [3.63, 3.8) is 0 Å². The van der Waals surface area contributed by atoms with E-state index >= 15 is 0 Å². The Hall–Kier alpha value is -1.90. The normalized spacial score (nSPS) is 10.1. The van der Waals surface area contributed by atoms with Gasteiger partial charge >= 0.3 is 0 Å². The van der Waals surface area contributed by atoms with E-state index in [9.17, 15) is 13.6 Å². The standard InChI is InChI=1S/C9H8F2N2O2/c1-15-7-5(2-3-12)4-13-9(14)6(7)8(10)11/h4,8H,2H2,1H3,(H,13,14). The van der Waals surface area contributed by atoms with Crippen LogP contribution in [-0.2, 0) is 6.42 Å². The van der Waals surface area contributed by atoms with E-state index in [1.807, 2.05) is 0 Å². The van der Waals surface area contributed by atoms with Gasteiger partial charge in [-0.2, -0.15) is 5.26 Å². The van der Waals surface area contributed by atoms with Gasteiger partial charge in [0.05, 0.1) is 19.6 Å². The zero-order valence-electron chi connectivity index (χ0n) is 7.88. The SMILES string of the molecule is COc1c(CC#N)c[nH]c(=O)c1C(F)F. The summed E-state index contributed by atoms with van der Waals surface area (Å²) < 4.78 is 29.7. The largest absolute Gasteiger partial charge is 0.496 e. The molecule has 0 atom stereocenters. The topological polar surface area (TPSA) is 65.9 Å². The predicted molar refractivity (Wildman–Crippen MR) is 47.9 cm³/mol. The highest BCUT2D eigenvalue weighted by Crippen LogP contribution is 2.28. The Kier molecular flexibility index (Phi) is 3.39. The van der Waals surface area contributed by atoms with E-state index in [-0.39, 0.29) is 17.7 Å². The molecule has 0 saturated heterocycles. The number of ether oxygens (including phenoxy) is 1. The smallest absolute Gasteiger partial charge is 0.272 e. The second kappa shape index (κ2) is 4.55. The van der Waals surface area contributed by atoms with Gasteiger partial charge in [0.15, 0.2) is 0 Å². The van der Waals surface area contributed by atoms with Crippen LogP contribution in [0.2, 0.25) is 0 Å². The third kappa shape index (κ3) is 2.13. The average molecular weight is 214 g/mol. The number of H-pyrrole nitrogens is 1. The number of aromatic amines is 1. The number of pyridine rings is 1. The Bertz CT molecular complexity index is 448. The maximum absolute atomic E-state index is 12.5. The number of nitrogens with one attached hydrogen (secondary N) is 1. The molecule has 1 heterocycles. The van der Waals surface area contributed by atoms with Crippen molar-refractivity contribution in [2.45, 2.75) is 12.8 Å². The molecule has 1 aromatic rings. The minimum atomic E-state index is -2.93. The van der Waals surface area contributed by atoms with Crippen LogP contribution in [0.4, 0.5) is 8.78 Å². The molecule has 0 aliphatic heterocycles. The van der Waals surface area contributed by atoms with Crippen molar-refractivity contribution >= 4 is 0 Å². The molecule has 15 heavy (non-hydrogen) atoms. The Morgan fingerprint density at radius 3 is 2.80 bits per heavy atom. The maximum Gasteiger partial charge on any atom is 0.272 e. The van der Waals surface area contributed by atoms with Crippen molar-refractivity contribution in [1.82, 2.24) is 4.98 Å². The zero-order chi connectivity index (χ0) is 11.4. The molecule has 0 bridgehead atoms. The Balaban J connectivity index is 3.41. The fraction of sp³-hybridized carbons (Fsp3) is 0.333. The molecular weight excluding hydrogens is 206 g/mol. The van der Waals surface area contributed by atoms with Crippen LogP contribution in [0.25, 0.3) is 0 Å². The number of alkyl halides is 2. The summed E-state index contributed by atoms with van der Waals surface area (Å²) in [7, 11) is 1.18. The van der Waals surface area contributed by atoms with E-state index < -0.39 is 17.5 Å². The van der Waals surface area contributed by atoms with Crippen LogP contribution in [0.5, 0.6) is 5.75 Å². The Morgan fingerprint density at radius 2 is 2.33 bits per heavy atom. The zero-order valence-corrected chi connectivity index (χ0v) is 7.88. The first-order valence-corrected chi connectivity index (χ1v) is 4.05. The quantitative estimate of drug-likeness (QED) is 0.826. The molecule has 0 amide bonds. The summed E-state index contributed by atoms with van der Waals surface area (Å²) in [5.41, 5.74) is -1.39. The third-order valence-corrected chi connectivity index (χ3v) is 1.85. The second-order valence-electron chi connectivity index (χ2n) is 2.73. The molecule has 0 radical (unpaired) electrons. The molecule has 0 fully saturated rings. The third-order valence-electron chi connectivity index (χ3n) is 1.85. The van der Waals surface area contributed by atoms with Crippen LogP contribution in [0.1, 0.15) is 17.6 Å². The summed E-state index contributed by atoms with van der Waals surface area (Å²) in [4.78, 5) is 13.2. The van der Waals surface area contributed by atoms with Crippen molar-refractivity contribution < 1.29 is 13.5 Å². The lowest BCUT2D eigenvalue weighted by atomic mass is 10.1. The van der Waals surface area contributed by atoms with Gasteiger partial charge in [0.25, 0.3) is 12.0 Å². The minimum absolute atomic E-state index is 0.0975. The monoisotopic (exact) mass is 214 g/mol. The first-order chi connectivity index (χ1) is 7.11. The van der Waals surface area contributed by atoms with Gasteiger partial charge < -0.3 is 9.72 Å². The van der Waals surface area contributed by atoms with Gasteiger partial charge in [-0.15, -0.1) is 0 Å². The highest BCUT2D eigenvalue weighted by molar-refractivity contribution is 5.40. The summed E-state index contributed by atoms with van der Waals surface area (Å²) >= 11 is 0. The molecular formula is C9H8F2N2O2. The molecule has 0 unspecified atom stereocenters. The van der Waals surface area contributed by atoms with E-state index in [1.54, 1.807) is 6.07 Å². The first-order valence-electron chi connectivity index (χ1n) is 4.05. The number of hydrogen-bond acceptors (Lipinski definition) is 3. The van der Waals surface area contributed by atoms with Crippen LogP contribution in [0.15, 0.2) is 11.0 Å². The fourth-order valence-corrected chi connectivity index (χ4v) is 1.23. The molecule has 0 spiro atoms. The summed E-state index contributed by atoms with van der Waals surface area (Å²) in [5, 5.41) is 8.45. The van der Waals surface area contributed by atoms with E-state index in [4.69, 9.17) is 10.00 Å². The van der Waals surface area contributed by atoms with Crippen molar-refractivity contribution in [2.24, 2.45) is 0 Å². The highest BCUT2D eigenvalue weighted by atomic mass is 19.3. The van der Waals surface area contributed by atoms with E-state index in [0.717, 1.165) is 0 Å². The first kappa shape index (κ1) is 11.2. The highest BCUT2D eigenvalue weighted by Gasteiger charge is 2.21. The molecule has 1 N–H and O–H groups in total. The second-order valence-corrected chi connectivity index (χ2v) is 2.73. The Morgan fingerprint density at radius 1 is 1.67 bits per heavy atom. The lowest BCUT2D eigenvalue weighted by molar-refractivity contribution is 0.145. The van der Waals surface area contributed by atoms with Gasteiger partial charge in [-0.25, -0.2) is 8.78 Å². The summed E-state index contributed by atoms with van der Waals surface area (Å²) in [5.74, 6) is -0.213. The molecule has 1 aromatic heterocycles. The lowest BCUT2D eigenvalue weighted by Gasteiger charge is -2.09. The van der Waals surface area contributed by atoms with Crippen molar-refractivity contribution in [2.75, 3.05) is 7.11 Å². The molecule has 4 nitrogen and oxygen atoms in total. The summed E-state index contributed by atoms with van der Waals surface area (Å²) in [6.07, 6.45) is -1.82. The van der Waals surface area contributed by atoms with Crippen LogP contribution in [-0.4, -0.2) is 12.1 Å². The number of rotatable bonds is 3. The number of aromatic nitrogens is 1. The van der Waals surface area contributed by atoms with Crippen LogP contribution in [0, 0.1) is 11.3 Å². The van der Waals surface area contributed by atoms with Crippen LogP contribution >= 0.6 is 0 Å². The number of nitriles is 1. The van der Waals surface area contributed by atoms with Gasteiger partial charge in [0.2, 0.25) is 0 Å². The van der Waals surface area contributed by atoms with Crippen molar-refractivity contribution in [3.05, 3.63) is 27.7 Å². The summed E-state index contributed by atoms with van der Waals surface area (Å²) in [6, 6.07) is 1.80. The van der Waals surface area contributed by atoms with Gasteiger partial charge in [-0.05, 0) is 0 Å². The number of hydrogen-bond donors (Lipinski definition) is 1. The lowest BCUT2D eigenvalue weighted by Crippen LogP contribution is -2.15. The number of nitrogens with zero attached hydrogens (tertiary/aromatic N) is 1. The average Bonchev–Trinajstić information content (AvgIpc) is 2.19. The molecule has 80 valence electrons. The van der Waals surface area contributed by atoms with Gasteiger partial charge in [0, 0.05) is 11.8 Å². The maximum atomic E-state index is 12.5. The molecule has 1 rings (SSSR count). The van der Waals surface area contributed by atoms with Gasteiger partial charge in [-0.3, -0.25) is 4.79 Å². The number of halogens is 2. The van der Waals surface area contributed by atoms with Gasteiger partial charge in [0.1, 0.15) is 11.3 Å². The van der Waals surface area contributed by atoms with Crippen LogP contribution < -0.4 is 10.3 Å². The summed E-state index contributed by atoms with van der Waals surface area (Å²) in [6.45, 7) is 0. The van der Waals surface area contributed by atoms with E-state index in [2.05, 4.69) is 4.98 Å².